The second kappa shape index (κ2) is 6.32. The molecule has 1 heterocycles. The van der Waals surface area contributed by atoms with Crippen molar-refractivity contribution in [3.63, 3.8) is 0 Å². The molecular weight excluding hydrogens is 224 g/mol. The Labute approximate surface area is 110 Å². The Morgan fingerprint density at radius 2 is 1.89 bits per heavy atom. The Morgan fingerprint density at radius 1 is 1.22 bits per heavy atom. The number of hydrogen-bond acceptors (Lipinski definition) is 3. The van der Waals surface area contributed by atoms with Crippen LogP contribution in [-0.2, 0) is 11.3 Å². The second-order valence-corrected chi connectivity index (χ2v) is 5.47. The topological polar surface area (TPSA) is 38.5 Å². The van der Waals surface area contributed by atoms with E-state index in [1.807, 2.05) is 0 Å². The van der Waals surface area contributed by atoms with E-state index in [1.165, 1.54) is 5.56 Å². The summed E-state index contributed by atoms with van der Waals surface area (Å²) in [6.45, 7) is 4.52. The van der Waals surface area contributed by atoms with Gasteiger partial charge in [-0.05, 0) is 37.4 Å². The highest BCUT2D eigenvalue weighted by Gasteiger charge is 2.32. The summed E-state index contributed by atoms with van der Waals surface area (Å²) in [4.78, 5) is 2.38. The fourth-order valence-electron chi connectivity index (χ4n) is 2.75. The molecule has 1 fully saturated rings. The van der Waals surface area contributed by atoms with Gasteiger partial charge in [0.2, 0.25) is 0 Å². The quantitative estimate of drug-likeness (QED) is 0.864. The molecule has 1 aromatic carbocycles. The third-order valence-electron chi connectivity index (χ3n) is 3.89. The SMILES string of the molecule is CN(Cc1ccccc1)CC1(CN)CCOCC1. The van der Waals surface area contributed by atoms with E-state index < -0.39 is 0 Å². The monoisotopic (exact) mass is 248 g/mol. The van der Waals surface area contributed by atoms with Crippen LogP contribution in [0.25, 0.3) is 0 Å². The van der Waals surface area contributed by atoms with Gasteiger partial charge in [0.25, 0.3) is 0 Å². The second-order valence-electron chi connectivity index (χ2n) is 5.47. The molecule has 0 radical (unpaired) electrons. The first-order valence-electron chi connectivity index (χ1n) is 6.74. The smallest absolute Gasteiger partial charge is 0.0472 e. The molecule has 18 heavy (non-hydrogen) atoms. The van der Waals surface area contributed by atoms with Crippen LogP contribution in [-0.4, -0.2) is 38.3 Å². The first-order chi connectivity index (χ1) is 8.74. The first kappa shape index (κ1) is 13.5. The Hall–Kier alpha value is -0.900. The number of ether oxygens (including phenoxy) is 1. The lowest BCUT2D eigenvalue weighted by molar-refractivity contribution is 0.00268. The zero-order valence-electron chi connectivity index (χ0n) is 11.3. The van der Waals surface area contributed by atoms with E-state index >= 15 is 0 Å². The normalized spacial score (nSPS) is 19.1. The van der Waals surface area contributed by atoms with Gasteiger partial charge in [-0.25, -0.2) is 0 Å². The van der Waals surface area contributed by atoms with Crippen molar-refractivity contribution in [2.24, 2.45) is 11.1 Å². The zero-order chi connectivity index (χ0) is 12.8. The molecule has 3 heteroatoms. The third kappa shape index (κ3) is 3.55. The summed E-state index contributed by atoms with van der Waals surface area (Å²) in [5.41, 5.74) is 7.61. The van der Waals surface area contributed by atoms with Gasteiger partial charge >= 0.3 is 0 Å². The average molecular weight is 248 g/mol. The maximum Gasteiger partial charge on any atom is 0.0472 e. The molecule has 1 saturated heterocycles. The lowest BCUT2D eigenvalue weighted by atomic mass is 9.80. The van der Waals surface area contributed by atoms with Gasteiger partial charge in [0.15, 0.2) is 0 Å². The summed E-state index contributed by atoms with van der Waals surface area (Å²) < 4.78 is 5.45. The lowest BCUT2D eigenvalue weighted by Gasteiger charge is -2.39. The standard InChI is InChI=1S/C15H24N2O/c1-17(11-14-5-3-2-4-6-14)13-15(12-16)7-9-18-10-8-15/h2-6H,7-13,16H2,1H3. The van der Waals surface area contributed by atoms with Gasteiger partial charge < -0.3 is 15.4 Å². The van der Waals surface area contributed by atoms with Crippen LogP contribution in [0.1, 0.15) is 18.4 Å². The van der Waals surface area contributed by atoms with E-state index in [4.69, 9.17) is 10.5 Å². The molecule has 2 N–H and O–H groups in total. The average Bonchev–Trinajstić information content (AvgIpc) is 2.41. The lowest BCUT2D eigenvalue weighted by Crippen LogP contribution is -2.44. The van der Waals surface area contributed by atoms with Crippen LogP contribution in [0.15, 0.2) is 30.3 Å². The summed E-state index contributed by atoms with van der Waals surface area (Å²) >= 11 is 0. The van der Waals surface area contributed by atoms with E-state index in [0.717, 1.165) is 45.7 Å². The minimum absolute atomic E-state index is 0.252. The largest absolute Gasteiger partial charge is 0.381 e. The molecule has 1 aliphatic heterocycles. The van der Waals surface area contributed by atoms with E-state index in [2.05, 4.69) is 42.3 Å². The predicted octanol–water partition coefficient (Wildman–Crippen LogP) is 1.87. The number of nitrogens with two attached hydrogens (primary N) is 1. The molecule has 1 aliphatic rings. The number of benzene rings is 1. The van der Waals surface area contributed by atoms with Crippen molar-refractivity contribution < 1.29 is 4.74 Å². The highest BCUT2D eigenvalue weighted by Crippen LogP contribution is 2.30. The predicted molar refractivity (Wildman–Crippen MR) is 74.3 cm³/mol. The van der Waals surface area contributed by atoms with Crippen molar-refractivity contribution in [3.8, 4) is 0 Å². The molecule has 0 atom stereocenters. The van der Waals surface area contributed by atoms with Gasteiger partial charge in [-0.1, -0.05) is 30.3 Å². The fourth-order valence-corrected chi connectivity index (χ4v) is 2.75. The molecule has 0 spiro atoms. The van der Waals surface area contributed by atoms with E-state index in [1.54, 1.807) is 0 Å². The van der Waals surface area contributed by atoms with Gasteiger partial charge in [-0.15, -0.1) is 0 Å². The summed E-state index contributed by atoms with van der Waals surface area (Å²) in [6, 6.07) is 10.6. The summed E-state index contributed by atoms with van der Waals surface area (Å²) in [5, 5.41) is 0. The minimum atomic E-state index is 0.252. The maximum absolute atomic E-state index is 6.00. The van der Waals surface area contributed by atoms with Crippen molar-refractivity contribution in [1.29, 1.82) is 0 Å². The summed E-state index contributed by atoms with van der Waals surface area (Å²) in [7, 11) is 2.18. The highest BCUT2D eigenvalue weighted by molar-refractivity contribution is 5.14. The number of nitrogens with zero attached hydrogens (tertiary/aromatic N) is 1. The van der Waals surface area contributed by atoms with Crippen LogP contribution in [0, 0.1) is 5.41 Å². The molecule has 1 aromatic rings. The van der Waals surface area contributed by atoms with Crippen LogP contribution in [0.3, 0.4) is 0 Å². The fraction of sp³-hybridized carbons (Fsp3) is 0.600. The van der Waals surface area contributed by atoms with Crippen LogP contribution in [0.5, 0.6) is 0 Å². The summed E-state index contributed by atoms with van der Waals surface area (Å²) in [6.07, 6.45) is 2.17. The molecule has 0 aliphatic carbocycles. The third-order valence-corrected chi connectivity index (χ3v) is 3.89. The Balaban J connectivity index is 1.91. The van der Waals surface area contributed by atoms with Crippen LogP contribution < -0.4 is 5.73 Å². The molecule has 3 nitrogen and oxygen atoms in total. The molecule has 2 rings (SSSR count). The van der Waals surface area contributed by atoms with Crippen LogP contribution in [0.4, 0.5) is 0 Å². The van der Waals surface area contributed by atoms with Gasteiger partial charge in [0.05, 0.1) is 0 Å². The van der Waals surface area contributed by atoms with Crippen molar-refractivity contribution in [2.75, 3.05) is 33.4 Å². The first-order valence-corrected chi connectivity index (χ1v) is 6.74. The minimum Gasteiger partial charge on any atom is -0.381 e. The zero-order valence-corrected chi connectivity index (χ0v) is 11.3. The highest BCUT2D eigenvalue weighted by atomic mass is 16.5. The van der Waals surface area contributed by atoms with Gasteiger partial charge in [0, 0.05) is 26.3 Å². The maximum atomic E-state index is 6.00. The molecule has 0 bridgehead atoms. The Bertz CT molecular complexity index is 347. The molecule has 0 saturated carbocycles. The van der Waals surface area contributed by atoms with E-state index in [-0.39, 0.29) is 5.41 Å². The Kier molecular flexibility index (Phi) is 4.75. The van der Waals surface area contributed by atoms with Crippen molar-refractivity contribution >= 4 is 0 Å². The van der Waals surface area contributed by atoms with Crippen molar-refractivity contribution in [1.82, 2.24) is 4.90 Å². The van der Waals surface area contributed by atoms with Crippen molar-refractivity contribution in [2.45, 2.75) is 19.4 Å². The summed E-state index contributed by atoms with van der Waals surface area (Å²) in [5.74, 6) is 0. The Morgan fingerprint density at radius 3 is 2.50 bits per heavy atom. The number of rotatable bonds is 5. The molecular formula is C15H24N2O. The van der Waals surface area contributed by atoms with Gasteiger partial charge in [-0.2, -0.15) is 0 Å². The molecule has 0 amide bonds. The number of hydrogen-bond donors (Lipinski definition) is 1. The van der Waals surface area contributed by atoms with Gasteiger partial charge in [0.1, 0.15) is 0 Å². The molecule has 100 valence electrons. The van der Waals surface area contributed by atoms with E-state index in [0.29, 0.717) is 0 Å². The molecule has 0 aromatic heterocycles. The van der Waals surface area contributed by atoms with Gasteiger partial charge in [-0.3, -0.25) is 0 Å². The van der Waals surface area contributed by atoms with Crippen molar-refractivity contribution in [3.05, 3.63) is 35.9 Å². The van der Waals surface area contributed by atoms with Crippen LogP contribution >= 0.6 is 0 Å². The van der Waals surface area contributed by atoms with Crippen LogP contribution in [0.2, 0.25) is 0 Å². The molecule has 0 unspecified atom stereocenters. The van der Waals surface area contributed by atoms with E-state index in [9.17, 15) is 0 Å².